The van der Waals surface area contributed by atoms with Gasteiger partial charge < -0.3 is 85.1 Å². The SMILES string of the molecule is CC(=O)O.CC(C)C[C@H](NC(=O)[C@@H]1CCCN1C(=O)[C@@H](NC(=O)CNC(=O)[C@H](CCC(=O)O)NC(=O)[C@H](C)N)C(C)C)C(=O)N[C@H](C(=O)N[C@@H](CCCCN)C(=O)N[C@@H](CCC(N)=O)C(=O)N[C@@H](CC(=O)O)C(=O)O)C(C)C. The molecule has 1 aliphatic heterocycles. The van der Waals surface area contributed by atoms with E-state index in [4.69, 9.17) is 37.3 Å². The molecule has 0 spiro atoms. The number of carboxylic acid groups (broad SMARTS) is 4. The largest absolute Gasteiger partial charge is 0.481 e. The molecular weight excluding hydrogens is 1030 g/mol. The average molecular weight is 1120 g/mol. The molecule has 0 saturated carbocycles. The van der Waals surface area contributed by atoms with Crippen LogP contribution >= 0.6 is 0 Å². The number of carbonyl (C=O) groups excluding carboxylic acids is 10. The Morgan fingerprint density at radius 3 is 1.56 bits per heavy atom. The minimum atomic E-state index is -1.90. The highest BCUT2D eigenvalue weighted by molar-refractivity contribution is 5.98. The van der Waals surface area contributed by atoms with Crippen LogP contribution in [0.3, 0.4) is 0 Å². The van der Waals surface area contributed by atoms with Gasteiger partial charge in [-0.3, -0.25) is 62.3 Å². The van der Waals surface area contributed by atoms with Crippen molar-refractivity contribution < 1.29 is 87.5 Å². The van der Waals surface area contributed by atoms with Crippen LogP contribution < -0.4 is 59.7 Å². The zero-order chi connectivity index (χ0) is 60.1. The van der Waals surface area contributed by atoms with Crippen LogP contribution in [-0.4, -0.2) is 182 Å². The Hall–Kier alpha value is -7.50. The van der Waals surface area contributed by atoms with Crippen molar-refractivity contribution in [3.63, 3.8) is 0 Å². The molecule has 0 aromatic carbocycles. The summed E-state index contributed by atoms with van der Waals surface area (Å²) in [6.07, 6.45) is -1.39. The van der Waals surface area contributed by atoms with Gasteiger partial charge in [-0.1, -0.05) is 41.5 Å². The summed E-state index contributed by atoms with van der Waals surface area (Å²) in [5.74, 6) is -15.0. The van der Waals surface area contributed by atoms with Crippen molar-refractivity contribution in [3.05, 3.63) is 0 Å². The lowest BCUT2D eigenvalue weighted by Gasteiger charge is -2.32. The fourth-order valence-electron chi connectivity index (χ4n) is 7.61. The van der Waals surface area contributed by atoms with E-state index in [0.29, 0.717) is 12.8 Å². The molecule has 0 unspecified atom stereocenters. The van der Waals surface area contributed by atoms with Crippen molar-refractivity contribution in [2.24, 2.45) is 35.0 Å². The lowest BCUT2D eigenvalue weighted by molar-refractivity contribution is -0.147. The summed E-state index contributed by atoms with van der Waals surface area (Å²) in [6.45, 7) is 12.2. The second kappa shape index (κ2) is 35.8. The number of likely N-dealkylation sites (tertiary alicyclic amines) is 1. The van der Waals surface area contributed by atoms with Gasteiger partial charge in [-0.25, -0.2) is 4.79 Å². The molecule has 0 aromatic rings. The number of primary amides is 1. The van der Waals surface area contributed by atoms with Crippen LogP contribution in [0.2, 0.25) is 0 Å². The van der Waals surface area contributed by atoms with Crippen molar-refractivity contribution in [2.45, 2.75) is 180 Å². The minimum Gasteiger partial charge on any atom is -0.481 e. The molecule has 30 heteroatoms. The van der Waals surface area contributed by atoms with Crippen LogP contribution in [0.4, 0.5) is 0 Å². The predicted octanol–water partition coefficient (Wildman–Crippen LogP) is -3.90. The third-order valence-electron chi connectivity index (χ3n) is 11.7. The third kappa shape index (κ3) is 27.5. The van der Waals surface area contributed by atoms with E-state index in [-0.39, 0.29) is 51.1 Å². The van der Waals surface area contributed by atoms with Crippen molar-refractivity contribution in [1.82, 2.24) is 47.4 Å². The molecule has 1 fully saturated rings. The van der Waals surface area contributed by atoms with Gasteiger partial charge >= 0.3 is 17.9 Å². The molecule has 0 aromatic heterocycles. The van der Waals surface area contributed by atoms with E-state index in [9.17, 15) is 67.4 Å². The van der Waals surface area contributed by atoms with Gasteiger partial charge in [0.15, 0.2) is 0 Å². The Morgan fingerprint density at radius 2 is 1.08 bits per heavy atom. The van der Waals surface area contributed by atoms with Gasteiger partial charge in [0, 0.05) is 26.3 Å². The number of nitrogens with two attached hydrogens (primary N) is 3. The molecule has 9 atom stereocenters. The number of hydrogen-bond acceptors (Lipinski definition) is 16. The number of unbranched alkanes of at least 4 members (excludes halogenated alkanes) is 1. The summed E-state index contributed by atoms with van der Waals surface area (Å²) in [7, 11) is 0. The average Bonchev–Trinajstić information content (AvgIpc) is 3.82. The summed E-state index contributed by atoms with van der Waals surface area (Å²) in [6, 6.07) is -12.1. The Kier molecular flexibility index (Phi) is 32.3. The number of carboxylic acids is 4. The molecule has 30 nitrogen and oxygen atoms in total. The summed E-state index contributed by atoms with van der Waals surface area (Å²) in [5.41, 5.74) is 16.5. The summed E-state index contributed by atoms with van der Waals surface area (Å²) < 4.78 is 0. The molecule has 1 rings (SSSR count). The van der Waals surface area contributed by atoms with E-state index < -0.39 is 181 Å². The van der Waals surface area contributed by atoms with Gasteiger partial charge in [0.05, 0.1) is 19.0 Å². The second-order valence-electron chi connectivity index (χ2n) is 19.8. The Bertz CT molecular complexity index is 2120. The third-order valence-corrected chi connectivity index (χ3v) is 11.7. The maximum Gasteiger partial charge on any atom is 0.326 e. The van der Waals surface area contributed by atoms with Gasteiger partial charge in [-0.15, -0.1) is 0 Å². The lowest BCUT2D eigenvalue weighted by Crippen LogP contribution is -2.61. The van der Waals surface area contributed by atoms with Crippen molar-refractivity contribution in [2.75, 3.05) is 19.6 Å². The van der Waals surface area contributed by atoms with E-state index in [0.717, 1.165) is 6.92 Å². The highest BCUT2D eigenvalue weighted by Gasteiger charge is 2.41. The molecule has 18 N–H and O–H groups in total. The Labute approximate surface area is 452 Å². The normalized spacial score (nSPS) is 16.0. The van der Waals surface area contributed by atoms with E-state index in [1.807, 2.05) is 5.32 Å². The Balaban J connectivity index is 0.0000143. The van der Waals surface area contributed by atoms with Crippen LogP contribution in [0.5, 0.6) is 0 Å². The standard InChI is InChI=1S/C46H78N12O16.C2H4O2/c1-22(2)19-29(54-43(70)31-12-10-18-58(31)45(72)37(24(5)6)56-33(60)21-50-39(66)27(14-16-34(61)62)51-38(65)25(7)48)42(69)57-36(23(3)4)44(71)53-26(11-8-9-17-47)40(67)52-28(13-15-32(49)59)41(68)55-30(46(73)74)20-35(63)64;1-2(3)4/h22-31,36-37H,8-21,47-48H2,1-7H3,(H2,49,59)(H,50,66)(H,51,65)(H,52,67)(H,53,71)(H,54,70)(H,55,68)(H,56,60)(H,57,69)(H,61,62)(H,63,64)(H,73,74);1H3,(H,3,4)/t25-,26-,27-,28-,29-,30-,31-,36-,37-;/m0./s1. The molecule has 10 amide bonds. The van der Waals surface area contributed by atoms with E-state index >= 15 is 0 Å². The molecule has 442 valence electrons. The minimum absolute atomic E-state index is 0.0401. The summed E-state index contributed by atoms with van der Waals surface area (Å²) >= 11 is 0. The molecule has 0 aliphatic carbocycles. The van der Waals surface area contributed by atoms with Crippen molar-refractivity contribution >= 4 is 82.9 Å². The van der Waals surface area contributed by atoms with E-state index in [1.54, 1.807) is 41.5 Å². The first kappa shape index (κ1) is 70.5. The van der Waals surface area contributed by atoms with E-state index in [2.05, 4.69) is 37.2 Å². The number of carbonyl (C=O) groups is 14. The molecule has 1 heterocycles. The number of rotatable bonds is 34. The first-order valence-electron chi connectivity index (χ1n) is 25.5. The zero-order valence-corrected chi connectivity index (χ0v) is 45.5. The van der Waals surface area contributed by atoms with Gasteiger partial charge in [0.25, 0.3) is 5.97 Å². The van der Waals surface area contributed by atoms with Gasteiger partial charge in [-0.2, -0.15) is 0 Å². The van der Waals surface area contributed by atoms with Crippen LogP contribution in [-0.2, 0) is 67.1 Å². The molecule has 1 aliphatic rings. The quantitative estimate of drug-likeness (QED) is 0.0274. The fourth-order valence-corrected chi connectivity index (χ4v) is 7.61. The number of nitrogens with one attached hydrogen (secondary N) is 8. The highest BCUT2D eigenvalue weighted by atomic mass is 16.4. The number of hydrogen-bond donors (Lipinski definition) is 15. The van der Waals surface area contributed by atoms with Crippen LogP contribution in [0.15, 0.2) is 0 Å². The monoisotopic (exact) mass is 1110 g/mol. The predicted molar refractivity (Wildman–Crippen MR) is 275 cm³/mol. The van der Waals surface area contributed by atoms with Crippen molar-refractivity contribution in [3.8, 4) is 0 Å². The van der Waals surface area contributed by atoms with Crippen LogP contribution in [0.25, 0.3) is 0 Å². The first-order chi connectivity index (χ1) is 36.2. The lowest BCUT2D eigenvalue weighted by atomic mass is 9.98. The van der Waals surface area contributed by atoms with Gasteiger partial charge in [-0.05, 0) is 82.6 Å². The Morgan fingerprint density at radius 1 is 0.577 bits per heavy atom. The maximum absolute atomic E-state index is 14.1. The van der Waals surface area contributed by atoms with Gasteiger partial charge in [0.2, 0.25) is 59.1 Å². The maximum atomic E-state index is 14.1. The smallest absolute Gasteiger partial charge is 0.326 e. The molecule has 0 radical (unpaired) electrons. The summed E-state index contributed by atoms with van der Waals surface area (Å²) in [4.78, 5) is 177. The molecule has 78 heavy (non-hydrogen) atoms. The molecule has 0 bridgehead atoms. The zero-order valence-electron chi connectivity index (χ0n) is 45.5. The first-order valence-corrected chi connectivity index (χ1v) is 25.5. The van der Waals surface area contributed by atoms with E-state index in [1.165, 1.54) is 11.8 Å². The van der Waals surface area contributed by atoms with Gasteiger partial charge in [0.1, 0.15) is 48.3 Å². The van der Waals surface area contributed by atoms with Crippen LogP contribution in [0, 0.1) is 17.8 Å². The number of aliphatic carboxylic acids is 4. The number of amides is 10. The highest BCUT2D eigenvalue weighted by Crippen LogP contribution is 2.21. The summed E-state index contributed by atoms with van der Waals surface area (Å²) in [5, 5.41) is 54.7. The second-order valence-corrected chi connectivity index (χ2v) is 19.8. The fraction of sp³-hybridized carbons (Fsp3) is 0.708. The molecular formula is C48H82N12O18. The van der Waals surface area contributed by atoms with Crippen molar-refractivity contribution in [1.29, 1.82) is 0 Å². The molecule has 1 saturated heterocycles. The van der Waals surface area contributed by atoms with Crippen LogP contribution in [0.1, 0.15) is 126 Å². The topological polar surface area (TPSA) is 497 Å². The number of nitrogens with zero attached hydrogens (tertiary/aromatic N) is 1.